The van der Waals surface area contributed by atoms with Crippen LogP contribution in [0.15, 0.2) is 46.9 Å². The molecule has 0 aliphatic carbocycles. The number of likely N-dealkylation sites (N-methyl/N-ethyl adjacent to an activating group) is 1. The highest BCUT2D eigenvalue weighted by Crippen LogP contribution is 2.24. The van der Waals surface area contributed by atoms with Crippen molar-refractivity contribution in [3.05, 3.63) is 68.1 Å². The Morgan fingerprint density at radius 2 is 1.75 bits per heavy atom. The maximum atomic E-state index is 12.9. The van der Waals surface area contributed by atoms with E-state index in [4.69, 9.17) is 23.2 Å². The first kappa shape index (κ1) is 23.1. The molecular weight excluding hydrogens is 483 g/mol. The smallest absolute Gasteiger partial charge is 0.242 e. The second kappa shape index (κ2) is 11.1. The molecule has 2 rings (SSSR count). The monoisotopic (exact) mass is 502 g/mol. The zero-order valence-corrected chi connectivity index (χ0v) is 19.5. The first-order valence-electron chi connectivity index (χ1n) is 8.59. The summed E-state index contributed by atoms with van der Waals surface area (Å²) in [5, 5.41) is 3.47. The Morgan fingerprint density at radius 1 is 1.11 bits per heavy atom. The van der Waals surface area contributed by atoms with Gasteiger partial charge < -0.3 is 10.2 Å². The second-order valence-electron chi connectivity index (χ2n) is 6.18. The van der Waals surface area contributed by atoms with Gasteiger partial charge in [0.2, 0.25) is 11.8 Å². The summed E-state index contributed by atoms with van der Waals surface area (Å²) in [4.78, 5) is 26.6. The predicted molar refractivity (Wildman–Crippen MR) is 121 cm³/mol. The number of nitrogens with zero attached hydrogens (tertiary/aromatic N) is 1. The molecule has 28 heavy (non-hydrogen) atoms. The molecule has 0 aromatic heterocycles. The van der Waals surface area contributed by atoms with Crippen LogP contribution in [0.2, 0.25) is 10.0 Å². The molecule has 2 aromatic carbocycles. The van der Waals surface area contributed by atoms with Crippen LogP contribution in [0, 0.1) is 0 Å². The predicted octanol–water partition coefficient (Wildman–Crippen LogP) is 5.15. The van der Waals surface area contributed by atoms with Crippen molar-refractivity contribution in [2.24, 2.45) is 0 Å². The zero-order chi connectivity index (χ0) is 20.7. The lowest BCUT2D eigenvalue weighted by atomic mass is 10.1. The van der Waals surface area contributed by atoms with Gasteiger partial charge in [0.05, 0.1) is 15.8 Å². The van der Waals surface area contributed by atoms with Crippen LogP contribution in [0.25, 0.3) is 0 Å². The Labute approximate surface area is 188 Å². The fourth-order valence-electron chi connectivity index (χ4n) is 2.55. The number of amides is 2. The van der Waals surface area contributed by atoms with Crippen LogP contribution >= 0.6 is 50.9 Å². The van der Waals surface area contributed by atoms with Crippen molar-refractivity contribution in [1.82, 2.24) is 10.2 Å². The van der Waals surface area contributed by atoms with Crippen LogP contribution in [0.4, 0.5) is 0 Å². The molecule has 2 aromatic rings. The molecule has 8 heteroatoms. The summed E-state index contributed by atoms with van der Waals surface area (Å²) in [5.41, 5.74) is 1.95. The van der Waals surface area contributed by atoms with E-state index in [0.29, 0.717) is 15.8 Å². The topological polar surface area (TPSA) is 49.4 Å². The van der Waals surface area contributed by atoms with Crippen molar-refractivity contribution >= 4 is 62.7 Å². The van der Waals surface area contributed by atoms with Crippen LogP contribution in [-0.2, 0) is 21.9 Å². The first-order valence-corrected chi connectivity index (χ1v) is 11.3. The number of rotatable bonds is 8. The average molecular weight is 504 g/mol. The summed E-state index contributed by atoms with van der Waals surface area (Å²) < 4.78 is 1.02. The van der Waals surface area contributed by atoms with E-state index in [9.17, 15) is 9.59 Å². The molecule has 0 radical (unpaired) electrons. The third-order valence-electron chi connectivity index (χ3n) is 4.16. The van der Waals surface area contributed by atoms with Crippen LogP contribution in [0.5, 0.6) is 0 Å². The van der Waals surface area contributed by atoms with Gasteiger partial charge in [0.15, 0.2) is 0 Å². The number of nitrogens with one attached hydrogen (secondary N) is 1. The molecule has 0 spiro atoms. The molecule has 2 amide bonds. The van der Waals surface area contributed by atoms with Gasteiger partial charge in [-0.2, -0.15) is 0 Å². The number of hydrogen-bond acceptors (Lipinski definition) is 3. The average Bonchev–Trinajstić information content (AvgIpc) is 2.69. The highest BCUT2D eigenvalue weighted by molar-refractivity contribution is 9.10. The second-order valence-corrected chi connectivity index (χ2v) is 8.90. The standard InChI is InChI=1S/C20H21BrCl2N2O2S/c1-13(20(27)24-2)25(10-15-5-8-17(22)18(23)9-15)19(26)12-28-11-14-3-6-16(21)7-4-14/h3-9,13H,10-12H2,1-2H3,(H,24,27)/t13-/m1/s1. The normalized spacial score (nSPS) is 11.8. The lowest BCUT2D eigenvalue weighted by Crippen LogP contribution is -2.47. The van der Waals surface area contributed by atoms with Gasteiger partial charge in [0.25, 0.3) is 0 Å². The van der Waals surface area contributed by atoms with E-state index < -0.39 is 6.04 Å². The highest BCUT2D eigenvalue weighted by atomic mass is 79.9. The minimum Gasteiger partial charge on any atom is -0.357 e. The van der Waals surface area contributed by atoms with Crippen LogP contribution in [0.1, 0.15) is 18.1 Å². The Balaban J connectivity index is 2.06. The van der Waals surface area contributed by atoms with Crippen LogP contribution < -0.4 is 5.32 Å². The fraction of sp³-hybridized carbons (Fsp3) is 0.300. The van der Waals surface area contributed by atoms with Crippen molar-refractivity contribution in [2.75, 3.05) is 12.8 Å². The first-order chi connectivity index (χ1) is 13.3. The molecule has 0 saturated heterocycles. The van der Waals surface area contributed by atoms with Gasteiger partial charge in [-0.1, -0.05) is 57.3 Å². The van der Waals surface area contributed by atoms with E-state index in [1.807, 2.05) is 24.3 Å². The lowest BCUT2D eigenvalue weighted by molar-refractivity contribution is -0.138. The molecule has 0 aliphatic heterocycles. The van der Waals surface area contributed by atoms with Gasteiger partial charge in [0, 0.05) is 23.8 Å². The largest absolute Gasteiger partial charge is 0.357 e. The van der Waals surface area contributed by atoms with Crippen LogP contribution in [0.3, 0.4) is 0 Å². The maximum absolute atomic E-state index is 12.9. The van der Waals surface area contributed by atoms with Gasteiger partial charge in [-0.15, -0.1) is 11.8 Å². The Hall–Kier alpha value is -1.21. The van der Waals surface area contributed by atoms with E-state index in [0.717, 1.165) is 15.6 Å². The molecule has 0 heterocycles. The molecule has 0 bridgehead atoms. The molecular formula is C20H21BrCl2N2O2S. The minimum atomic E-state index is -0.597. The summed E-state index contributed by atoms with van der Waals surface area (Å²) >= 11 is 17.0. The van der Waals surface area contributed by atoms with E-state index in [1.165, 1.54) is 11.8 Å². The summed E-state index contributed by atoms with van der Waals surface area (Å²) in [7, 11) is 1.56. The minimum absolute atomic E-state index is 0.107. The molecule has 1 N–H and O–H groups in total. The van der Waals surface area contributed by atoms with Crippen molar-refractivity contribution < 1.29 is 9.59 Å². The van der Waals surface area contributed by atoms with Gasteiger partial charge >= 0.3 is 0 Å². The van der Waals surface area contributed by atoms with E-state index in [-0.39, 0.29) is 24.1 Å². The highest BCUT2D eigenvalue weighted by Gasteiger charge is 2.25. The third kappa shape index (κ3) is 6.69. The Bertz CT molecular complexity index is 833. The zero-order valence-electron chi connectivity index (χ0n) is 15.5. The van der Waals surface area contributed by atoms with Crippen molar-refractivity contribution in [2.45, 2.75) is 25.3 Å². The molecule has 0 saturated carbocycles. The van der Waals surface area contributed by atoms with E-state index >= 15 is 0 Å². The number of carbonyl (C=O) groups is 2. The quantitative estimate of drug-likeness (QED) is 0.541. The number of carbonyl (C=O) groups excluding carboxylic acids is 2. The van der Waals surface area contributed by atoms with Crippen molar-refractivity contribution in [1.29, 1.82) is 0 Å². The molecule has 1 atom stereocenters. The molecule has 150 valence electrons. The summed E-state index contributed by atoms with van der Waals surface area (Å²) in [5.74, 6) is 0.669. The lowest BCUT2D eigenvalue weighted by Gasteiger charge is -2.28. The van der Waals surface area contributed by atoms with Crippen molar-refractivity contribution in [3.8, 4) is 0 Å². The third-order valence-corrected chi connectivity index (χ3v) is 6.41. The Morgan fingerprint density at radius 3 is 2.36 bits per heavy atom. The van der Waals surface area contributed by atoms with E-state index in [2.05, 4.69) is 21.2 Å². The number of thioether (sulfide) groups is 1. The number of hydrogen-bond donors (Lipinski definition) is 1. The SMILES string of the molecule is CNC(=O)[C@@H](C)N(Cc1ccc(Cl)c(Cl)c1)C(=O)CSCc1ccc(Br)cc1. The summed E-state index contributed by atoms with van der Waals surface area (Å²) in [6.07, 6.45) is 0. The van der Waals surface area contributed by atoms with Crippen molar-refractivity contribution in [3.63, 3.8) is 0 Å². The van der Waals surface area contributed by atoms with Crippen LogP contribution in [-0.4, -0.2) is 35.6 Å². The number of benzene rings is 2. The fourth-order valence-corrected chi connectivity index (χ4v) is 4.00. The molecule has 0 unspecified atom stereocenters. The summed E-state index contributed by atoms with van der Waals surface area (Å²) in [6.45, 7) is 2.00. The molecule has 0 fully saturated rings. The van der Waals surface area contributed by atoms with E-state index in [1.54, 1.807) is 37.1 Å². The number of halogens is 3. The maximum Gasteiger partial charge on any atom is 0.242 e. The summed E-state index contributed by atoms with van der Waals surface area (Å²) in [6, 6.07) is 12.6. The molecule has 0 aliphatic rings. The van der Waals surface area contributed by atoms with Gasteiger partial charge in [-0.05, 0) is 42.3 Å². The van der Waals surface area contributed by atoms with Gasteiger partial charge in [-0.25, -0.2) is 0 Å². The molecule has 4 nitrogen and oxygen atoms in total. The Kier molecular flexibility index (Phi) is 9.15. The van der Waals surface area contributed by atoms with Gasteiger partial charge in [0.1, 0.15) is 6.04 Å². The van der Waals surface area contributed by atoms with Gasteiger partial charge in [-0.3, -0.25) is 9.59 Å².